The van der Waals surface area contributed by atoms with E-state index in [1.165, 1.54) is 12.6 Å². The van der Waals surface area contributed by atoms with Gasteiger partial charge < -0.3 is 4.90 Å². The Bertz CT molecular complexity index is 589. The van der Waals surface area contributed by atoms with Crippen molar-refractivity contribution in [2.75, 3.05) is 27.2 Å². The molecule has 132 valence electrons. The normalized spacial score (nSPS) is 17.5. The zero-order valence-electron chi connectivity index (χ0n) is 14.8. The third-order valence-corrected chi connectivity index (χ3v) is 6.37. The second kappa shape index (κ2) is 7.77. The fraction of sp³-hybridized carbons (Fsp3) is 0.812. The molecule has 1 aliphatic carbocycles. The number of nitrogens with zero attached hydrogens (tertiary/aromatic N) is 4. The van der Waals surface area contributed by atoms with Crippen molar-refractivity contribution in [3.8, 4) is 0 Å². The molecule has 1 saturated carbocycles. The van der Waals surface area contributed by atoms with Crippen molar-refractivity contribution >= 4 is 10.0 Å². The van der Waals surface area contributed by atoms with Gasteiger partial charge in [-0.1, -0.05) is 19.3 Å². The second-order valence-electron chi connectivity index (χ2n) is 6.96. The fourth-order valence-corrected chi connectivity index (χ4v) is 4.66. The smallest absolute Gasteiger partial charge is 0.246 e. The highest BCUT2D eigenvalue weighted by Crippen LogP contribution is 2.27. The predicted molar refractivity (Wildman–Crippen MR) is 91.9 cm³/mol. The van der Waals surface area contributed by atoms with Gasteiger partial charge in [0, 0.05) is 31.4 Å². The minimum Gasteiger partial charge on any atom is -0.308 e. The van der Waals surface area contributed by atoms with Gasteiger partial charge >= 0.3 is 0 Å². The van der Waals surface area contributed by atoms with E-state index in [9.17, 15) is 8.42 Å². The van der Waals surface area contributed by atoms with Gasteiger partial charge in [0.15, 0.2) is 0 Å². The van der Waals surface area contributed by atoms with Gasteiger partial charge in [0.1, 0.15) is 4.90 Å². The quantitative estimate of drug-likeness (QED) is 0.763. The highest BCUT2D eigenvalue weighted by molar-refractivity contribution is 7.89. The van der Waals surface area contributed by atoms with Crippen LogP contribution in [0.3, 0.4) is 0 Å². The summed E-state index contributed by atoms with van der Waals surface area (Å²) in [4.78, 5) is 2.35. The molecule has 0 N–H and O–H groups in total. The summed E-state index contributed by atoms with van der Waals surface area (Å²) in [7, 11) is 0.464. The van der Waals surface area contributed by atoms with Crippen LogP contribution in [0.25, 0.3) is 0 Å². The molecule has 0 saturated heterocycles. The topological polar surface area (TPSA) is 58.4 Å². The van der Waals surface area contributed by atoms with Crippen molar-refractivity contribution < 1.29 is 8.42 Å². The van der Waals surface area contributed by atoms with E-state index in [2.05, 4.69) is 5.10 Å². The third-order valence-electron chi connectivity index (χ3n) is 4.46. The predicted octanol–water partition coefficient (Wildman–Crippen LogP) is 2.35. The summed E-state index contributed by atoms with van der Waals surface area (Å²) in [5, 5.41) is 4.21. The zero-order valence-corrected chi connectivity index (χ0v) is 15.6. The largest absolute Gasteiger partial charge is 0.308 e. The number of rotatable bonds is 7. The molecule has 0 aliphatic heterocycles. The number of hydrogen-bond donors (Lipinski definition) is 0. The van der Waals surface area contributed by atoms with Crippen LogP contribution in [0, 0.1) is 0 Å². The lowest BCUT2D eigenvalue weighted by atomic mass is 9.95. The van der Waals surface area contributed by atoms with Crippen LogP contribution >= 0.6 is 0 Å². The average Bonchev–Trinajstić information content (AvgIpc) is 2.99. The van der Waals surface area contributed by atoms with Crippen LogP contribution in [0.15, 0.2) is 17.3 Å². The first-order valence-corrected chi connectivity index (χ1v) is 9.97. The van der Waals surface area contributed by atoms with Crippen molar-refractivity contribution in [3.63, 3.8) is 0 Å². The first-order chi connectivity index (χ1) is 10.8. The Hall–Kier alpha value is -0.920. The Balaban J connectivity index is 2.26. The molecule has 1 aromatic rings. The summed E-state index contributed by atoms with van der Waals surface area (Å²) >= 11 is 0. The Morgan fingerprint density at radius 2 is 1.87 bits per heavy atom. The third kappa shape index (κ3) is 4.55. The maximum atomic E-state index is 13.1. The molecule has 0 bridgehead atoms. The van der Waals surface area contributed by atoms with E-state index in [-0.39, 0.29) is 12.1 Å². The molecule has 0 aromatic carbocycles. The molecule has 6 nitrogen and oxygen atoms in total. The van der Waals surface area contributed by atoms with Gasteiger partial charge in [0.05, 0.1) is 6.20 Å². The van der Waals surface area contributed by atoms with E-state index in [0.29, 0.717) is 11.4 Å². The van der Waals surface area contributed by atoms with Crippen molar-refractivity contribution in [1.29, 1.82) is 0 Å². The zero-order chi connectivity index (χ0) is 17.0. The van der Waals surface area contributed by atoms with Crippen molar-refractivity contribution in [2.45, 2.75) is 62.9 Å². The standard InChI is InChI=1S/C16H30N4O2S/c1-14(2)19-13-16(12-17-19)23(21,22)20(11-10-18(3)4)15-8-6-5-7-9-15/h12-15H,5-11H2,1-4H3. The first kappa shape index (κ1) is 18.4. The highest BCUT2D eigenvalue weighted by Gasteiger charge is 2.33. The van der Waals surface area contributed by atoms with Crippen molar-refractivity contribution in [1.82, 2.24) is 19.0 Å². The van der Waals surface area contributed by atoms with Gasteiger partial charge in [-0.05, 0) is 40.8 Å². The van der Waals surface area contributed by atoms with Crippen LogP contribution in [-0.4, -0.2) is 60.6 Å². The molecule has 0 radical (unpaired) electrons. The monoisotopic (exact) mass is 342 g/mol. The first-order valence-electron chi connectivity index (χ1n) is 8.53. The highest BCUT2D eigenvalue weighted by atomic mass is 32.2. The summed E-state index contributed by atoms with van der Waals surface area (Å²) in [5.41, 5.74) is 0. The Kier molecular flexibility index (Phi) is 6.22. The molecule has 1 aromatic heterocycles. The molecular formula is C16H30N4O2S. The molecule has 0 spiro atoms. The minimum absolute atomic E-state index is 0.121. The van der Waals surface area contributed by atoms with Crippen LogP contribution in [-0.2, 0) is 10.0 Å². The number of hydrogen-bond acceptors (Lipinski definition) is 4. The Morgan fingerprint density at radius 3 is 2.39 bits per heavy atom. The Morgan fingerprint density at radius 1 is 1.22 bits per heavy atom. The lowest BCUT2D eigenvalue weighted by molar-refractivity contribution is 0.233. The van der Waals surface area contributed by atoms with E-state index in [4.69, 9.17) is 0 Å². The van der Waals surface area contributed by atoms with E-state index in [1.807, 2.05) is 32.8 Å². The lowest BCUT2D eigenvalue weighted by Gasteiger charge is -2.33. The van der Waals surface area contributed by atoms with Gasteiger partial charge in [0.2, 0.25) is 10.0 Å². The second-order valence-corrected chi connectivity index (χ2v) is 8.85. The molecule has 1 aliphatic rings. The molecule has 7 heteroatoms. The van der Waals surface area contributed by atoms with Crippen LogP contribution in [0.5, 0.6) is 0 Å². The molecule has 23 heavy (non-hydrogen) atoms. The van der Waals surface area contributed by atoms with E-state index >= 15 is 0 Å². The summed E-state index contributed by atoms with van der Waals surface area (Å²) < 4.78 is 29.7. The van der Waals surface area contributed by atoms with Gasteiger partial charge in [-0.3, -0.25) is 4.68 Å². The summed E-state index contributed by atoms with van der Waals surface area (Å²) in [6, 6.07) is 0.278. The van der Waals surface area contributed by atoms with Crippen molar-refractivity contribution in [2.24, 2.45) is 0 Å². The van der Waals surface area contributed by atoms with E-state index < -0.39 is 10.0 Å². The molecule has 1 heterocycles. The maximum absolute atomic E-state index is 13.1. The van der Waals surface area contributed by atoms with E-state index in [1.54, 1.807) is 15.2 Å². The van der Waals surface area contributed by atoms with Gasteiger partial charge in [-0.15, -0.1) is 0 Å². The van der Waals surface area contributed by atoms with Gasteiger partial charge in [-0.2, -0.15) is 9.40 Å². The molecule has 2 rings (SSSR count). The van der Waals surface area contributed by atoms with Crippen molar-refractivity contribution in [3.05, 3.63) is 12.4 Å². The lowest BCUT2D eigenvalue weighted by Crippen LogP contribution is -2.44. The van der Waals surface area contributed by atoms with E-state index in [0.717, 1.165) is 32.2 Å². The van der Waals surface area contributed by atoms with Gasteiger partial charge in [0.25, 0.3) is 0 Å². The maximum Gasteiger partial charge on any atom is 0.246 e. The van der Waals surface area contributed by atoms with Crippen LogP contribution in [0.1, 0.15) is 52.0 Å². The van der Waals surface area contributed by atoms with Gasteiger partial charge in [-0.25, -0.2) is 8.42 Å². The molecule has 0 amide bonds. The number of sulfonamides is 1. The van der Waals surface area contributed by atoms with Crippen LogP contribution in [0.4, 0.5) is 0 Å². The number of aromatic nitrogens is 2. The molecule has 0 atom stereocenters. The molecule has 0 unspecified atom stereocenters. The molecular weight excluding hydrogens is 312 g/mol. The number of likely N-dealkylation sites (N-methyl/N-ethyl adjacent to an activating group) is 1. The summed E-state index contributed by atoms with van der Waals surface area (Å²) in [6.45, 7) is 5.25. The molecule has 1 fully saturated rings. The SMILES string of the molecule is CC(C)n1cc(S(=O)(=O)N(CCN(C)C)C2CCCCC2)cn1. The average molecular weight is 343 g/mol. The summed E-state index contributed by atoms with van der Waals surface area (Å²) in [6.07, 6.45) is 8.51. The van der Waals surface area contributed by atoms with Crippen LogP contribution < -0.4 is 0 Å². The fourth-order valence-electron chi connectivity index (χ4n) is 3.04. The Labute approximate surface area is 140 Å². The van der Waals surface area contributed by atoms with Crippen LogP contribution in [0.2, 0.25) is 0 Å². The summed E-state index contributed by atoms with van der Waals surface area (Å²) in [5.74, 6) is 0. The minimum atomic E-state index is -3.49.